The molecule has 0 saturated carbocycles. The molecule has 13 heavy (non-hydrogen) atoms. The predicted octanol–water partition coefficient (Wildman–Crippen LogP) is 2.93. The van der Waals surface area contributed by atoms with Gasteiger partial charge in [0.05, 0.1) is 34.2 Å². The van der Waals surface area contributed by atoms with E-state index in [0.717, 1.165) is 0 Å². The van der Waals surface area contributed by atoms with Crippen LogP contribution in [0, 0.1) is 22.7 Å². The summed E-state index contributed by atoms with van der Waals surface area (Å²) in [6.07, 6.45) is 0.0995. The molecule has 0 bridgehead atoms. The highest BCUT2D eigenvalue weighted by Gasteiger charge is 2.09. The molecule has 1 rings (SSSR count). The Hall–Kier alpha value is -1.22. The van der Waals surface area contributed by atoms with Crippen LogP contribution in [-0.2, 0) is 6.42 Å². The van der Waals surface area contributed by atoms with E-state index in [1.165, 1.54) is 0 Å². The van der Waals surface area contributed by atoms with Crippen LogP contribution < -0.4 is 0 Å². The van der Waals surface area contributed by atoms with E-state index in [-0.39, 0.29) is 6.42 Å². The van der Waals surface area contributed by atoms with E-state index in [9.17, 15) is 0 Å². The van der Waals surface area contributed by atoms with Gasteiger partial charge in [-0.1, -0.05) is 23.2 Å². The molecule has 0 heterocycles. The fraction of sp³-hybridized carbons (Fsp3) is 0.111. The molecule has 0 spiro atoms. The molecule has 0 aliphatic rings. The van der Waals surface area contributed by atoms with Crippen LogP contribution in [0.4, 0.5) is 0 Å². The first-order valence-corrected chi connectivity index (χ1v) is 4.20. The molecule has 0 amide bonds. The molecule has 0 unspecified atom stereocenters. The third-order valence-corrected chi connectivity index (χ3v) is 2.42. The van der Waals surface area contributed by atoms with Crippen LogP contribution in [0.25, 0.3) is 0 Å². The van der Waals surface area contributed by atoms with Crippen molar-refractivity contribution in [3.63, 3.8) is 0 Å². The summed E-state index contributed by atoms with van der Waals surface area (Å²) < 4.78 is 0. The first-order valence-electron chi connectivity index (χ1n) is 3.44. The van der Waals surface area contributed by atoms with Crippen LogP contribution in [0.1, 0.15) is 11.1 Å². The summed E-state index contributed by atoms with van der Waals surface area (Å²) in [5.74, 6) is 0. The molecular formula is C9H4Cl2N2. The fourth-order valence-corrected chi connectivity index (χ4v) is 1.36. The normalized spacial score (nSPS) is 8.92. The summed E-state index contributed by atoms with van der Waals surface area (Å²) in [5.41, 5.74) is 0.898. The topological polar surface area (TPSA) is 47.6 Å². The van der Waals surface area contributed by atoms with Crippen LogP contribution in [0.3, 0.4) is 0 Å². The minimum Gasteiger partial charge on any atom is -0.198 e. The molecule has 4 heteroatoms. The Balaban J connectivity index is 3.36. The van der Waals surface area contributed by atoms with Crippen LogP contribution in [0.5, 0.6) is 0 Å². The van der Waals surface area contributed by atoms with Gasteiger partial charge < -0.3 is 0 Å². The van der Waals surface area contributed by atoms with Gasteiger partial charge in [-0.25, -0.2) is 0 Å². The SMILES string of the molecule is N#CCc1c(C#N)ccc(Cl)c1Cl. The zero-order chi connectivity index (χ0) is 9.84. The van der Waals surface area contributed by atoms with Crippen molar-refractivity contribution in [3.8, 4) is 12.1 Å². The number of hydrogen-bond acceptors (Lipinski definition) is 2. The van der Waals surface area contributed by atoms with Crippen molar-refractivity contribution >= 4 is 23.2 Å². The number of nitriles is 2. The second-order valence-electron chi connectivity index (χ2n) is 2.33. The third-order valence-electron chi connectivity index (χ3n) is 1.57. The zero-order valence-corrected chi connectivity index (χ0v) is 8.02. The molecule has 0 fully saturated rings. The summed E-state index contributed by atoms with van der Waals surface area (Å²) in [5, 5.41) is 17.9. The molecule has 0 aromatic heterocycles. The summed E-state index contributed by atoms with van der Waals surface area (Å²) in [7, 11) is 0. The molecule has 0 aliphatic carbocycles. The third kappa shape index (κ3) is 1.92. The van der Waals surface area contributed by atoms with Gasteiger partial charge in [0.15, 0.2) is 0 Å². The molecule has 0 saturated heterocycles. The molecule has 2 nitrogen and oxygen atoms in total. The number of rotatable bonds is 1. The standard InChI is InChI=1S/C9H4Cl2N2/c10-8-2-1-6(5-13)7(3-4-12)9(8)11/h1-2H,3H2. The average molecular weight is 211 g/mol. The molecule has 0 N–H and O–H groups in total. The maximum absolute atomic E-state index is 8.70. The van der Waals surface area contributed by atoms with Gasteiger partial charge in [0, 0.05) is 5.56 Å². The van der Waals surface area contributed by atoms with Gasteiger partial charge in [0.1, 0.15) is 0 Å². The van der Waals surface area contributed by atoms with Crippen molar-refractivity contribution in [2.75, 3.05) is 0 Å². The second-order valence-corrected chi connectivity index (χ2v) is 3.12. The summed E-state index contributed by atoms with van der Waals surface area (Å²) in [6.45, 7) is 0. The number of hydrogen-bond donors (Lipinski definition) is 0. The van der Waals surface area contributed by atoms with Crippen molar-refractivity contribution in [3.05, 3.63) is 33.3 Å². The number of halogens is 2. The van der Waals surface area contributed by atoms with Gasteiger partial charge in [-0.05, 0) is 12.1 Å². The highest BCUT2D eigenvalue weighted by molar-refractivity contribution is 6.42. The van der Waals surface area contributed by atoms with Crippen molar-refractivity contribution in [2.45, 2.75) is 6.42 Å². The molecule has 0 radical (unpaired) electrons. The van der Waals surface area contributed by atoms with Gasteiger partial charge in [0.25, 0.3) is 0 Å². The summed E-state index contributed by atoms with van der Waals surface area (Å²) in [6, 6.07) is 6.99. The van der Waals surface area contributed by atoms with Crippen LogP contribution in [0.2, 0.25) is 10.0 Å². The van der Waals surface area contributed by atoms with E-state index < -0.39 is 0 Å². The zero-order valence-electron chi connectivity index (χ0n) is 6.51. The fourth-order valence-electron chi connectivity index (χ4n) is 0.949. The van der Waals surface area contributed by atoms with Crippen molar-refractivity contribution in [1.82, 2.24) is 0 Å². The lowest BCUT2D eigenvalue weighted by Gasteiger charge is -2.03. The van der Waals surface area contributed by atoms with Gasteiger partial charge >= 0.3 is 0 Å². The second kappa shape index (κ2) is 4.14. The van der Waals surface area contributed by atoms with E-state index in [0.29, 0.717) is 21.2 Å². The molecule has 0 aliphatic heterocycles. The average Bonchev–Trinajstić information content (AvgIpc) is 2.14. The maximum atomic E-state index is 8.70. The lowest BCUT2D eigenvalue weighted by molar-refractivity contribution is 1.24. The van der Waals surface area contributed by atoms with Crippen molar-refractivity contribution < 1.29 is 0 Å². The Morgan fingerprint density at radius 1 is 1.23 bits per heavy atom. The van der Waals surface area contributed by atoms with E-state index in [1.807, 2.05) is 12.1 Å². The number of benzene rings is 1. The Morgan fingerprint density at radius 3 is 2.46 bits per heavy atom. The highest BCUT2D eigenvalue weighted by atomic mass is 35.5. The van der Waals surface area contributed by atoms with Crippen molar-refractivity contribution in [2.24, 2.45) is 0 Å². The molecule has 0 atom stereocenters. The highest BCUT2D eigenvalue weighted by Crippen LogP contribution is 2.28. The minimum absolute atomic E-state index is 0.0995. The maximum Gasteiger partial charge on any atom is 0.0995 e. The first kappa shape index (κ1) is 9.86. The summed E-state index contributed by atoms with van der Waals surface area (Å²) >= 11 is 11.5. The number of nitrogens with zero attached hydrogens (tertiary/aromatic N) is 2. The Labute approximate surface area is 85.9 Å². The first-order chi connectivity index (χ1) is 6.20. The van der Waals surface area contributed by atoms with Crippen LogP contribution >= 0.6 is 23.2 Å². The van der Waals surface area contributed by atoms with Gasteiger partial charge in [-0.3, -0.25) is 0 Å². The van der Waals surface area contributed by atoms with E-state index in [4.69, 9.17) is 33.7 Å². The molecule has 1 aromatic rings. The van der Waals surface area contributed by atoms with Crippen LogP contribution in [0.15, 0.2) is 12.1 Å². The monoisotopic (exact) mass is 210 g/mol. The van der Waals surface area contributed by atoms with E-state index >= 15 is 0 Å². The largest absolute Gasteiger partial charge is 0.198 e. The van der Waals surface area contributed by atoms with E-state index in [2.05, 4.69) is 0 Å². The smallest absolute Gasteiger partial charge is 0.0995 e. The van der Waals surface area contributed by atoms with Gasteiger partial charge in [-0.15, -0.1) is 0 Å². The quantitative estimate of drug-likeness (QED) is 0.716. The Morgan fingerprint density at radius 2 is 1.92 bits per heavy atom. The van der Waals surface area contributed by atoms with E-state index in [1.54, 1.807) is 12.1 Å². The minimum atomic E-state index is 0.0995. The lowest BCUT2D eigenvalue weighted by atomic mass is 10.1. The molecule has 64 valence electrons. The summed E-state index contributed by atoms with van der Waals surface area (Å²) in [4.78, 5) is 0. The van der Waals surface area contributed by atoms with Crippen LogP contribution in [-0.4, -0.2) is 0 Å². The Bertz CT molecular complexity index is 413. The molecular weight excluding hydrogens is 207 g/mol. The molecule has 1 aromatic carbocycles. The predicted molar refractivity (Wildman–Crippen MR) is 50.5 cm³/mol. The van der Waals surface area contributed by atoms with Crippen molar-refractivity contribution in [1.29, 1.82) is 10.5 Å². The lowest BCUT2D eigenvalue weighted by Crippen LogP contribution is -1.90. The van der Waals surface area contributed by atoms with Gasteiger partial charge in [0.2, 0.25) is 0 Å². The van der Waals surface area contributed by atoms with Gasteiger partial charge in [-0.2, -0.15) is 10.5 Å². The Kier molecular flexibility index (Phi) is 3.14.